The predicted molar refractivity (Wildman–Crippen MR) is 67.6 cm³/mol. The molecule has 0 aliphatic rings. The molecule has 1 heterocycles. The molecule has 1 amide bonds. The van der Waals surface area contributed by atoms with Crippen LogP contribution in [0.15, 0.2) is 34.9 Å². The summed E-state index contributed by atoms with van der Waals surface area (Å²) in [6.07, 6.45) is 0.579. The van der Waals surface area contributed by atoms with Gasteiger partial charge in [0.25, 0.3) is 5.91 Å². The summed E-state index contributed by atoms with van der Waals surface area (Å²) < 4.78 is 4.49. The number of nitrogens with one attached hydrogen (secondary N) is 1. The summed E-state index contributed by atoms with van der Waals surface area (Å²) in [7, 11) is 0. The van der Waals surface area contributed by atoms with E-state index in [0.29, 0.717) is 13.0 Å². The van der Waals surface area contributed by atoms with E-state index in [9.17, 15) is 9.59 Å². The van der Waals surface area contributed by atoms with Crippen molar-refractivity contribution in [3.05, 3.63) is 47.3 Å². The minimum absolute atomic E-state index is 0.0758. The van der Waals surface area contributed by atoms with Crippen molar-refractivity contribution in [3.8, 4) is 5.75 Å². The second kappa shape index (κ2) is 5.87. The number of aromatic carboxylic acids is 1. The summed E-state index contributed by atoms with van der Waals surface area (Å²) >= 11 is 0. The van der Waals surface area contributed by atoms with Gasteiger partial charge in [0, 0.05) is 12.6 Å². The summed E-state index contributed by atoms with van der Waals surface area (Å²) in [4.78, 5) is 22.2. The van der Waals surface area contributed by atoms with Gasteiger partial charge in [0.1, 0.15) is 5.75 Å². The van der Waals surface area contributed by atoms with E-state index in [1.54, 1.807) is 24.3 Å². The van der Waals surface area contributed by atoms with Gasteiger partial charge >= 0.3 is 5.97 Å². The molecule has 2 rings (SSSR count). The molecule has 0 atom stereocenters. The lowest BCUT2D eigenvalue weighted by atomic mass is 10.1. The quantitative estimate of drug-likeness (QED) is 0.752. The Morgan fingerprint density at radius 3 is 2.55 bits per heavy atom. The number of hydrogen-bond acceptors (Lipinski definition) is 5. The number of hydrogen-bond donors (Lipinski definition) is 3. The lowest BCUT2D eigenvalue weighted by Crippen LogP contribution is -2.25. The van der Waals surface area contributed by atoms with E-state index in [1.807, 2.05) is 0 Å². The number of benzene rings is 1. The summed E-state index contributed by atoms with van der Waals surface area (Å²) in [6, 6.07) is 7.69. The first kappa shape index (κ1) is 13.6. The molecule has 0 saturated carbocycles. The maximum atomic E-state index is 11.7. The third-order valence-electron chi connectivity index (χ3n) is 2.59. The van der Waals surface area contributed by atoms with Gasteiger partial charge in [-0.3, -0.25) is 4.79 Å². The Labute approximate surface area is 113 Å². The van der Waals surface area contributed by atoms with Gasteiger partial charge in [-0.2, -0.15) is 0 Å². The highest BCUT2D eigenvalue weighted by atomic mass is 16.5. The van der Waals surface area contributed by atoms with Crippen molar-refractivity contribution >= 4 is 11.9 Å². The standard InChI is InChI=1S/C13H12N2O5/c16-9-3-1-8(2-4-9)5-6-14-12(17)10-7-11(13(18)19)20-15-10/h1-4,7,16H,5-6H2,(H,14,17)(H,18,19). The Balaban J connectivity index is 1.85. The zero-order valence-corrected chi connectivity index (χ0v) is 10.4. The van der Waals surface area contributed by atoms with E-state index in [0.717, 1.165) is 11.6 Å². The Morgan fingerprint density at radius 2 is 1.95 bits per heavy atom. The van der Waals surface area contributed by atoms with Crippen LogP contribution in [0.1, 0.15) is 26.6 Å². The monoisotopic (exact) mass is 276 g/mol. The van der Waals surface area contributed by atoms with E-state index in [-0.39, 0.29) is 17.2 Å². The fourth-order valence-electron chi connectivity index (χ4n) is 1.56. The fraction of sp³-hybridized carbons (Fsp3) is 0.154. The zero-order valence-electron chi connectivity index (χ0n) is 10.4. The maximum absolute atomic E-state index is 11.7. The van der Waals surface area contributed by atoms with Crippen LogP contribution in [-0.4, -0.2) is 33.8 Å². The molecule has 0 bridgehead atoms. The Morgan fingerprint density at radius 1 is 1.25 bits per heavy atom. The molecule has 1 aromatic heterocycles. The maximum Gasteiger partial charge on any atom is 0.374 e. The van der Waals surface area contributed by atoms with Crippen molar-refractivity contribution < 1.29 is 24.3 Å². The van der Waals surface area contributed by atoms with Crippen molar-refractivity contribution in [2.45, 2.75) is 6.42 Å². The van der Waals surface area contributed by atoms with Gasteiger partial charge in [0.15, 0.2) is 5.69 Å². The van der Waals surface area contributed by atoms with Crippen molar-refractivity contribution in [1.82, 2.24) is 10.5 Å². The summed E-state index contributed by atoms with van der Waals surface area (Å²) in [5.41, 5.74) is 0.877. The molecule has 104 valence electrons. The highest BCUT2D eigenvalue weighted by molar-refractivity contribution is 5.94. The lowest BCUT2D eigenvalue weighted by molar-refractivity contribution is 0.0651. The van der Waals surface area contributed by atoms with Gasteiger partial charge in [-0.15, -0.1) is 0 Å². The highest BCUT2D eigenvalue weighted by Crippen LogP contribution is 2.09. The van der Waals surface area contributed by atoms with Crippen LogP contribution in [0.4, 0.5) is 0 Å². The van der Waals surface area contributed by atoms with Gasteiger partial charge in [-0.1, -0.05) is 17.3 Å². The van der Waals surface area contributed by atoms with Crippen LogP contribution in [0.25, 0.3) is 0 Å². The first-order valence-electron chi connectivity index (χ1n) is 5.82. The lowest BCUT2D eigenvalue weighted by Gasteiger charge is -2.03. The SMILES string of the molecule is O=C(NCCc1ccc(O)cc1)c1cc(C(=O)O)on1. The second-order valence-corrected chi connectivity index (χ2v) is 4.05. The molecular weight excluding hydrogens is 264 g/mol. The Hall–Kier alpha value is -2.83. The van der Waals surface area contributed by atoms with Crippen LogP contribution < -0.4 is 5.32 Å². The van der Waals surface area contributed by atoms with Crippen molar-refractivity contribution in [3.63, 3.8) is 0 Å². The Kier molecular flexibility index (Phi) is 3.99. The number of rotatable bonds is 5. The molecule has 1 aromatic carbocycles. The molecule has 3 N–H and O–H groups in total. The predicted octanol–water partition coefficient (Wildman–Crippen LogP) is 1.05. The van der Waals surface area contributed by atoms with Gasteiger partial charge < -0.3 is 20.1 Å². The molecule has 0 fully saturated rings. The zero-order chi connectivity index (χ0) is 14.5. The van der Waals surface area contributed by atoms with Gasteiger partial charge in [-0.05, 0) is 24.1 Å². The number of amides is 1. The van der Waals surface area contributed by atoms with Crippen LogP contribution in [0.5, 0.6) is 5.75 Å². The highest BCUT2D eigenvalue weighted by Gasteiger charge is 2.15. The van der Waals surface area contributed by atoms with Crippen LogP contribution in [-0.2, 0) is 6.42 Å². The molecule has 0 spiro atoms. The summed E-state index contributed by atoms with van der Waals surface area (Å²) in [6.45, 7) is 0.360. The average molecular weight is 276 g/mol. The van der Waals surface area contributed by atoms with E-state index in [4.69, 9.17) is 10.2 Å². The number of aromatic nitrogens is 1. The number of aromatic hydroxyl groups is 1. The number of phenolic OH excluding ortho intramolecular Hbond substituents is 1. The van der Waals surface area contributed by atoms with Crippen LogP contribution in [0.3, 0.4) is 0 Å². The largest absolute Gasteiger partial charge is 0.508 e. The van der Waals surface area contributed by atoms with E-state index >= 15 is 0 Å². The summed E-state index contributed by atoms with van der Waals surface area (Å²) in [5.74, 6) is -1.98. The van der Waals surface area contributed by atoms with E-state index in [2.05, 4.69) is 15.0 Å². The first-order valence-corrected chi connectivity index (χ1v) is 5.82. The van der Waals surface area contributed by atoms with Crippen molar-refractivity contribution in [2.24, 2.45) is 0 Å². The molecule has 7 heteroatoms. The fourth-order valence-corrected chi connectivity index (χ4v) is 1.56. The van der Waals surface area contributed by atoms with Crippen molar-refractivity contribution in [2.75, 3.05) is 6.54 Å². The molecule has 0 unspecified atom stereocenters. The first-order chi connectivity index (χ1) is 9.56. The minimum atomic E-state index is -1.28. The van der Waals surface area contributed by atoms with Crippen LogP contribution >= 0.6 is 0 Å². The molecule has 2 aromatic rings. The smallest absolute Gasteiger partial charge is 0.374 e. The second-order valence-electron chi connectivity index (χ2n) is 4.05. The normalized spacial score (nSPS) is 10.2. The average Bonchev–Trinajstić information content (AvgIpc) is 2.91. The Bertz CT molecular complexity index is 618. The number of carboxylic acids is 1. The molecule has 20 heavy (non-hydrogen) atoms. The number of carbonyl (C=O) groups excluding carboxylic acids is 1. The van der Waals surface area contributed by atoms with Gasteiger partial charge in [0.2, 0.25) is 5.76 Å². The summed E-state index contributed by atoms with van der Waals surface area (Å²) in [5, 5.41) is 23.7. The minimum Gasteiger partial charge on any atom is -0.508 e. The molecule has 7 nitrogen and oxygen atoms in total. The number of phenols is 1. The number of carbonyl (C=O) groups is 2. The third kappa shape index (κ3) is 3.35. The van der Waals surface area contributed by atoms with Crippen LogP contribution in [0, 0.1) is 0 Å². The van der Waals surface area contributed by atoms with Crippen molar-refractivity contribution in [1.29, 1.82) is 0 Å². The van der Waals surface area contributed by atoms with E-state index < -0.39 is 11.9 Å². The van der Waals surface area contributed by atoms with Gasteiger partial charge in [0.05, 0.1) is 0 Å². The topological polar surface area (TPSA) is 113 Å². The van der Waals surface area contributed by atoms with E-state index in [1.165, 1.54) is 0 Å². The van der Waals surface area contributed by atoms with Gasteiger partial charge in [-0.25, -0.2) is 4.79 Å². The number of carboxylic acid groups (broad SMARTS) is 1. The van der Waals surface area contributed by atoms with Crippen LogP contribution in [0.2, 0.25) is 0 Å². The molecule has 0 aliphatic heterocycles. The molecule has 0 saturated heterocycles. The molecule has 0 aliphatic carbocycles. The molecule has 0 radical (unpaired) electrons. The third-order valence-corrected chi connectivity index (χ3v) is 2.59. The number of nitrogens with zero attached hydrogens (tertiary/aromatic N) is 1. The molecular formula is C13H12N2O5.